The Morgan fingerprint density at radius 3 is 2.25 bits per heavy atom. The van der Waals surface area contributed by atoms with Crippen molar-refractivity contribution >= 4 is 11.4 Å². The third-order valence-electron chi connectivity index (χ3n) is 5.10. The van der Waals surface area contributed by atoms with Crippen molar-refractivity contribution in [2.45, 2.75) is 32.3 Å². The van der Waals surface area contributed by atoms with E-state index in [1.54, 1.807) is 12.1 Å². The van der Waals surface area contributed by atoms with Gasteiger partial charge in [0.05, 0.1) is 17.1 Å². The van der Waals surface area contributed by atoms with E-state index < -0.39 is 12.5 Å². The van der Waals surface area contributed by atoms with Crippen molar-refractivity contribution in [1.29, 1.82) is 0 Å². The summed E-state index contributed by atoms with van der Waals surface area (Å²) >= 11 is 0. The number of nitrogens with zero attached hydrogens (tertiary/aromatic N) is 3. The van der Waals surface area contributed by atoms with Crippen molar-refractivity contribution in [1.82, 2.24) is 9.88 Å². The van der Waals surface area contributed by atoms with Crippen molar-refractivity contribution in [2.24, 2.45) is 11.5 Å². The standard InChI is InChI=1S/C22H24FN5/c1-14(2)27-21(24)20-19(28(22(27)25)17-6-4-3-5-7-17)13-12-18(26-20)15-8-10-16(23)11-9-15/h3-14,21-22H,24-25H2,1-2H3. The van der Waals surface area contributed by atoms with E-state index in [-0.39, 0.29) is 11.9 Å². The topological polar surface area (TPSA) is 71.4 Å². The van der Waals surface area contributed by atoms with Gasteiger partial charge in [0.2, 0.25) is 0 Å². The molecule has 0 amide bonds. The molecule has 2 unspecified atom stereocenters. The lowest BCUT2D eigenvalue weighted by Gasteiger charge is -2.48. The highest BCUT2D eigenvalue weighted by atomic mass is 19.1. The highest BCUT2D eigenvalue weighted by Crippen LogP contribution is 2.40. The fourth-order valence-corrected chi connectivity index (χ4v) is 3.76. The van der Waals surface area contributed by atoms with Gasteiger partial charge in [-0.1, -0.05) is 18.2 Å². The first-order valence-corrected chi connectivity index (χ1v) is 9.37. The van der Waals surface area contributed by atoms with E-state index >= 15 is 0 Å². The van der Waals surface area contributed by atoms with Crippen LogP contribution in [0.2, 0.25) is 0 Å². The van der Waals surface area contributed by atoms with Crippen molar-refractivity contribution in [3.63, 3.8) is 0 Å². The Morgan fingerprint density at radius 2 is 1.61 bits per heavy atom. The number of para-hydroxylation sites is 1. The maximum Gasteiger partial charge on any atom is 0.141 e. The summed E-state index contributed by atoms with van der Waals surface area (Å²) in [4.78, 5) is 8.94. The number of benzene rings is 2. The number of nitrogens with two attached hydrogens (primary N) is 2. The second kappa shape index (κ2) is 7.31. The molecule has 5 nitrogen and oxygen atoms in total. The summed E-state index contributed by atoms with van der Waals surface area (Å²) < 4.78 is 13.3. The largest absolute Gasteiger partial charge is 0.311 e. The van der Waals surface area contributed by atoms with Crippen LogP contribution in [-0.4, -0.2) is 22.2 Å². The van der Waals surface area contributed by atoms with Crippen LogP contribution in [0, 0.1) is 5.82 Å². The van der Waals surface area contributed by atoms with Gasteiger partial charge in [0.1, 0.15) is 18.3 Å². The van der Waals surface area contributed by atoms with Gasteiger partial charge in [-0.15, -0.1) is 0 Å². The normalized spacial score (nSPS) is 19.7. The fraction of sp³-hybridized carbons (Fsp3) is 0.227. The molecule has 1 aliphatic heterocycles. The van der Waals surface area contributed by atoms with Crippen molar-refractivity contribution < 1.29 is 4.39 Å². The summed E-state index contributed by atoms with van der Waals surface area (Å²) in [6, 6.07) is 20.3. The van der Waals surface area contributed by atoms with Crippen molar-refractivity contribution in [3.8, 4) is 11.3 Å². The lowest BCUT2D eigenvalue weighted by Crippen LogP contribution is -2.61. The van der Waals surface area contributed by atoms with Gasteiger partial charge in [0, 0.05) is 17.3 Å². The summed E-state index contributed by atoms with van der Waals surface area (Å²) in [6.45, 7) is 4.13. The smallest absolute Gasteiger partial charge is 0.141 e. The average molecular weight is 377 g/mol. The van der Waals surface area contributed by atoms with Crippen LogP contribution >= 0.6 is 0 Å². The van der Waals surface area contributed by atoms with Crippen molar-refractivity contribution in [3.05, 3.63) is 78.2 Å². The molecule has 2 atom stereocenters. The SMILES string of the molecule is CC(C)N1C(N)c2nc(-c3ccc(F)cc3)ccc2N(c2ccccc2)C1N. The number of hydrogen-bond acceptors (Lipinski definition) is 5. The van der Waals surface area contributed by atoms with E-state index in [1.807, 2.05) is 47.4 Å². The van der Waals surface area contributed by atoms with Gasteiger partial charge in [-0.25, -0.2) is 14.3 Å². The Kier molecular flexibility index (Phi) is 4.85. The molecule has 28 heavy (non-hydrogen) atoms. The zero-order chi connectivity index (χ0) is 19.8. The molecule has 0 saturated heterocycles. The van der Waals surface area contributed by atoms with E-state index in [1.165, 1.54) is 12.1 Å². The van der Waals surface area contributed by atoms with Gasteiger partial charge in [0.15, 0.2) is 0 Å². The molecule has 144 valence electrons. The predicted molar refractivity (Wildman–Crippen MR) is 110 cm³/mol. The monoisotopic (exact) mass is 377 g/mol. The van der Waals surface area contributed by atoms with Crippen LogP contribution < -0.4 is 16.4 Å². The van der Waals surface area contributed by atoms with Crippen molar-refractivity contribution in [2.75, 3.05) is 4.90 Å². The Hall–Kier alpha value is -2.80. The summed E-state index contributed by atoms with van der Waals surface area (Å²) in [7, 11) is 0. The first-order chi connectivity index (χ1) is 13.5. The molecule has 0 spiro atoms. The Morgan fingerprint density at radius 1 is 0.929 bits per heavy atom. The minimum absolute atomic E-state index is 0.126. The van der Waals surface area contributed by atoms with Crippen LogP contribution in [0.4, 0.5) is 15.8 Å². The van der Waals surface area contributed by atoms with Crippen LogP contribution in [0.3, 0.4) is 0 Å². The van der Waals surface area contributed by atoms with Crippen LogP contribution in [-0.2, 0) is 0 Å². The maximum absolute atomic E-state index is 13.3. The Bertz CT molecular complexity index is 958. The van der Waals surface area contributed by atoms with Crippen LogP contribution in [0.5, 0.6) is 0 Å². The number of fused-ring (bicyclic) bond motifs is 1. The fourth-order valence-electron chi connectivity index (χ4n) is 3.76. The molecular formula is C22H24FN5. The van der Waals surface area contributed by atoms with E-state index in [0.717, 1.165) is 28.3 Å². The maximum atomic E-state index is 13.3. The van der Waals surface area contributed by atoms with Gasteiger partial charge >= 0.3 is 0 Å². The first-order valence-electron chi connectivity index (χ1n) is 9.37. The second-order valence-electron chi connectivity index (χ2n) is 7.21. The van der Waals surface area contributed by atoms with Gasteiger partial charge in [-0.05, 0) is 62.4 Å². The number of anilines is 2. The molecule has 4 rings (SSSR count). The number of aromatic nitrogens is 1. The number of pyridine rings is 1. The second-order valence-corrected chi connectivity index (χ2v) is 7.21. The average Bonchev–Trinajstić information content (AvgIpc) is 2.69. The molecule has 2 heterocycles. The number of hydrogen-bond donors (Lipinski definition) is 2. The molecule has 2 aromatic carbocycles. The molecule has 0 aliphatic carbocycles. The summed E-state index contributed by atoms with van der Waals surface area (Å²) in [6.07, 6.45) is -0.853. The summed E-state index contributed by atoms with van der Waals surface area (Å²) in [5.74, 6) is -0.273. The molecule has 3 aromatic rings. The van der Waals surface area contributed by atoms with E-state index in [9.17, 15) is 4.39 Å². The van der Waals surface area contributed by atoms with Crippen LogP contribution in [0.15, 0.2) is 66.7 Å². The third kappa shape index (κ3) is 3.16. The molecular weight excluding hydrogens is 353 g/mol. The van der Waals surface area contributed by atoms with E-state index in [0.29, 0.717) is 0 Å². The number of halogens is 1. The predicted octanol–water partition coefficient (Wildman–Crippen LogP) is 3.95. The van der Waals surface area contributed by atoms with Crippen LogP contribution in [0.25, 0.3) is 11.3 Å². The third-order valence-corrected chi connectivity index (χ3v) is 5.10. The molecule has 0 fully saturated rings. The molecule has 0 bridgehead atoms. The lowest BCUT2D eigenvalue weighted by molar-refractivity contribution is 0.0899. The van der Waals surface area contributed by atoms with E-state index in [2.05, 4.69) is 18.7 Å². The minimum atomic E-state index is -0.439. The van der Waals surface area contributed by atoms with Gasteiger partial charge in [-0.3, -0.25) is 5.73 Å². The highest BCUT2D eigenvalue weighted by Gasteiger charge is 2.38. The molecule has 4 N–H and O–H groups in total. The zero-order valence-corrected chi connectivity index (χ0v) is 16.0. The first kappa shape index (κ1) is 18.6. The lowest BCUT2D eigenvalue weighted by atomic mass is 10.0. The molecule has 1 aromatic heterocycles. The Labute approximate surface area is 164 Å². The quantitative estimate of drug-likeness (QED) is 0.723. The van der Waals surface area contributed by atoms with Crippen LogP contribution in [0.1, 0.15) is 25.7 Å². The summed E-state index contributed by atoms with van der Waals surface area (Å²) in [5.41, 5.74) is 17.4. The molecule has 6 heteroatoms. The van der Waals surface area contributed by atoms with Gasteiger partial charge < -0.3 is 10.6 Å². The highest BCUT2D eigenvalue weighted by molar-refractivity contribution is 5.71. The van der Waals surface area contributed by atoms with Gasteiger partial charge in [0.25, 0.3) is 0 Å². The molecule has 0 radical (unpaired) electrons. The molecule has 1 aliphatic rings. The Balaban J connectivity index is 1.86. The summed E-state index contributed by atoms with van der Waals surface area (Å²) in [5, 5.41) is 0. The number of rotatable bonds is 3. The minimum Gasteiger partial charge on any atom is -0.311 e. The van der Waals surface area contributed by atoms with E-state index in [4.69, 9.17) is 16.5 Å². The van der Waals surface area contributed by atoms with Gasteiger partial charge in [-0.2, -0.15) is 0 Å². The molecule has 0 saturated carbocycles. The zero-order valence-electron chi connectivity index (χ0n) is 16.0.